The molecule has 0 unspecified atom stereocenters. The van der Waals surface area contributed by atoms with E-state index in [-0.39, 0.29) is 24.2 Å². The van der Waals surface area contributed by atoms with E-state index >= 15 is 0 Å². The van der Waals surface area contributed by atoms with Gasteiger partial charge in [-0.1, -0.05) is 0 Å². The number of thioether (sulfide) groups is 1. The van der Waals surface area contributed by atoms with E-state index in [0.717, 1.165) is 17.7 Å². The molecule has 1 aromatic rings. The molecule has 0 atom stereocenters. The van der Waals surface area contributed by atoms with Crippen LogP contribution in [0.25, 0.3) is 0 Å². The lowest BCUT2D eigenvalue weighted by molar-refractivity contribution is -0.120. The average molecular weight is 329 g/mol. The van der Waals surface area contributed by atoms with Gasteiger partial charge in [-0.2, -0.15) is 0 Å². The smallest absolute Gasteiger partial charge is 0.235 e. The molecule has 0 spiro atoms. The first-order valence-corrected chi connectivity index (χ1v) is 9.33. The molecule has 0 radical (unpaired) electrons. The van der Waals surface area contributed by atoms with E-state index in [1.165, 1.54) is 11.8 Å². The van der Waals surface area contributed by atoms with Crippen molar-refractivity contribution in [2.24, 2.45) is 0 Å². The van der Waals surface area contributed by atoms with E-state index < -0.39 is 10.0 Å². The lowest BCUT2D eigenvalue weighted by atomic mass is 10.3. The van der Waals surface area contributed by atoms with Crippen molar-refractivity contribution in [1.82, 2.24) is 10.0 Å². The van der Waals surface area contributed by atoms with Crippen LogP contribution < -0.4 is 15.8 Å². The molecule has 1 saturated carbocycles. The number of nitrogen functional groups attached to an aromatic ring is 1. The number of carbonyl (C=O) groups excluding carboxylic acids is 1. The first-order valence-electron chi connectivity index (χ1n) is 6.70. The molecule has 1 aliphatic rings. The molecule has 0 saturated heterocycles. The van der Waals surface area contributed by atoms with Crippen LogP contribution in [0.5, 0.6) is 0 Å². The van der Waals surface area contributed by atoms with Gasteiger partial charge in [0.15, 0.2) is 0 Å². The molecular weight excluding hydrogens is 310 g/mol. The van der Waals surface area contributed by atoms with E-state index in [1.807, 2.05) is 12.1 Å². The Kier molecular flexibility index (Phi) is 5.49. The highest BCUT2D eigenvalue weighted by Gasteiger charge is 2.23. The highest BCUT2D eigenvalue weighted by Crippen LogP contribution is 2.19. The van der Waals surface area contributed by atoms with Gasteiger partial charge >= 0.3 is 0 Å². The fourth-order valence-corrected chi connectivity index (χ4v) is 3.86. The molecule has 6 nitrogen and oxygen atoms in total. The van der Waals surface area contributed by atoms with Crippen molar-refractivity contribution in [2.75, 3.05) is 23.8 Å². The third-order valence-corrected chi connectivity index (χ3v) is 5.49. The van der Waals surface area contributed by atoms with Crippen LogP contribution in [0.1, 0.15) is 12.8 Å². The number of carbonyl (C=O) groups is 1. The van der Waals surface area contributed by atoms with Crippen LogP contribution in [-0.2, 0) is 14.8 Å². The molecule has 1 aromatic carbocycles. The number of sulfonamides is 1. The topological polar surface area (TPSA) is 101 Å². The molecule has 1 fully saturated rings. The summed E-state index contributed by atoms with van der Waals surface area (Å²) in [5.41, 5.74) is 6.25. The highest BCUT2D eigenvalue weighted by molar-refractivity contribution is 8.00. The largest absolute Gasteiger partial charge is 0.399 e. The number of rotatable bonds is 8. The van der Waals surface area contributed by atoms with Crippen molar-refractivity contribution in [2.45, 2.75) is 23.8 Å². The Labute approximate surface area is 128 Å². The van der Waals surface area contributed by atoms with Crippen molar-refractivity contribution in [3.63, 3.8) is 0 Å². The first kappa shape index (κ1) is 16.1. The van der Waals surface area contributed by atoms with Gasteiger partial charge in [-0.25, -0.2) is 13.1 Å². The maximum Gasteiger partial charge on any atom is 0.235 e. The maximum absolute atomic E-state index is 11.8. The van der Waals surface area contributed by atoms with E-state index in [1.54, 1.807) is 12.1 Å². The second-order valence-corrected chi connectivity index (χ2v) is 7.99. The third kappa shape index (κ3) is 6.36. The monoisotopic (exact) mass is 329 g/mol. The van der Waals surface area contributed by atoms with Crippen LogP contribution in [0.15, 0.2) is 29.2 Å². The number of anilines is 1. The Morgan fingerprint density at radius 1 is 1.29 bits per heavy atom. The summed E-state index contributed by atoms with van der Waals surface area (Å²) in [6.07, 6.45) is 1.97. The fourth-order valence-electron chi connectivity index (χ4n) is 1.59. The molecule has 8 heteroatoms. The molecule has 1 aliphatic carbocycles. The van der Waals surface area contributed by atoms with Crippen LogP contribution in [0.4, 0.5) is 5.69 Å². The SMILES string of the molecule is Nc1ccc(SCCS(=O)(=O)NCC(=O)NC2CC2)cc1. The predicted molar refractivity (Wildman–Crippen MR) is 84.5 cm³/mol. The number of hydrogen-bond donors (Lipinski definition) is 3. The van der Waals surface area contributed by atoms with Gasteiger partial charge in [-0.15, -0.1) is 11.8 Å². The first-order chi connectivity index (χ1) is 9.94. The average Bonchev–Trinajstić information content (AvgIpc) is 3.23. The second kappa shape index (κ2) is 7.15. The zero-order chi connectivity index (χ0) is 15.3. The summed E-state index contributed by atoms with van der Waals surface area (Å²) in [5.74, 6) is 0.120. The van der Waals surface area contributed by atoms with Gasteiger partial charge in [0.1, 0.15) is 0 Å². The lowest BCUT2D eigenvalue weighted by Crippen LogP contribution is -2.39. The molecule has 4 N–H and O–H groups in total. The maximum atomic E-state index is 11.8. The molecule has 1 amide bonds. The van der Waals surface area contributed by atoms with Gasteiger partial charge in [0.2, 0.25) is 15.9 Å². The number of nitrogens with two attached hydrogens (primary N) is 1. The zero-order valence-electron chi connectivity index (χ0n) is 11.5. The standard InChI is InChI=1S/C13H19N3O3S2/c14-10-1-5-12(6-2-10)20-7-8-21(18,19)15-9-13(17)16-11-3-4-11/h1-2,5-6,11,15H,3-4,7-9,14H2,(H,16,17). The lowest BCUT2D eigenvalue weighted by Gasteiger charge is -2.07. The number of amides is 1. The number of hydrogen-bond acceptors (Lipinski definition) is 5. The minimum Gasteiger partial charge on any atom is -0.399 e. The number of nitrogens with one attached hydrogen (secondary N) is 2. The van der Waals surface area contributed by atoms with Crippen LogP contribution in [0.2, 0.25) is 0 Å². The Balaban J connectivity index is 1.68. The zero-order valence-corrected chi connectivity index (χ0v) is 13.2. The van der Waals surface area contributed by atoms with E-state index in [0.29, 0.717) is 11.4 Å². The van der Waals surface area contributed by atoms with Gasteiger partial charge in [0.25, 0.3) is 0 Å². The molecular formula is C13H19N3O3S2. The van der Waals surface area contributed by atoms with Crippen molar-refractivity contribution < 1.29 is 13.2 Å². The van der Waals surface area contributed by atoms with E-state index in [9.17, 15) is 13.2 Å². The van der Waals surface area contributed by atoms with Crippen molar-refractivity contribution in [3.8, 4) is 0 Å². The number of benzene rings is 1. The van der Waals surface area contributed by atoms with Crippen LogP contribution in [0.3, 0.4) is 0 Å². The fraction of sp³-hybridized carbons (Fsp3) is 0.462. The predicted octanol–water partition coefficient (Wildman–Crippen LogP) is 0.559. The Morgan fingerprint density at radius 3 is 2.57 bits per heavy atom. The van der Waals surface area contributed by atoms with Gasteiger partial charge in [-0.3, -0.25) is 4.79 Å². The molecule has 0 heterocycles. The quantitative estimate of drug-likeness (QED) is 0.478. The molecule has 0 aromatic heterocycles. The Hall–Kier alpha value is -1.25. The van der Waals surface area contributed by atoms with Crippen LogP contribution in [0, 0.1) is 0 Å². The van der Waals surface area contributed by atoms with E-state index in [2.05, 4.69) is 10.0 Å². The molecule has 2 rings (SSSR count). The summed E-state index contributed by atoms with van der Waals surface area (Å²) in [5, 5.41) is 2.73. The third-order valence-electron chi connectivity index (χ3n) is 2.90. The normalized spacial score (nSPS) is 14.9. The Bertz CT molecular complexity index is 583. The van der Waals surface area contributed by atoms with Crippen LogP contribution in [-0.4, -0.2) is 38.4 Å². The van der Waals surface area contributed by atoms with Crippen molar-refractivity contribution >= 4 is 33.4 Å². The van der Waals surface area contributed by atoms with Gasteiger partial charge in [0.05, 0.1) is 12.3 Å². The van der Waals surface area contributed by atoms with Crippen molar-refractivity contribution in [1.29, 1.82) is 0 Å². The summed E-state index contributed by atoms with van der Waals surface area (Å²) in [4.78, 5) is 12.4. The molecule has 0 bridgehead atoms. The summed E-state index contributed by atoms with van der Waals surface area (Å²) >= 11 is 1.44. The van der Waals surface area contributed by atoms with Gasteiger partial charge < -0.3 is 11.1 Å². The van der Waals surface area contributed by atoms with Crippen molar-refractivity contribution in [3.05, 3.63) is 24.3 Å². The molecule has 0 aliphatic heterocycles. The minimum absolute atomic E-state index is 0.0290. The van der Waals surface area contributed by atoms with E-state index in [4.69, 9.17) is 5.73 Å². The summed E-state index contributed by atoms with van der Waals surface area (Å²) in [6.45, 7) is -0.189. The van der Waals surface area contributed by atoms with Gasteiger partial charge in [0, 0.05) is 22.4 Å². The van der Waals surface area contributed by atoms with Crippen LogP contribution >= 0.6 is 11.8 Å². The molecule has 116 valence electrons. The highest BCUT2D eigenvalue weighted by atomic mass is 32.2. The second-order valence-electron chi connectivity index (χ2n) is 4.90. The molecule has 21 heavy (non-hydrogen) atoms. The Morgan fingerprint density at radius 2 is 1.95 bits per heavy atom. The van der Waals surface area contributed by atoms with Gasteiger partial charge in [-0.05, 0) is 37.1 Å². The summed E-state index contributed by atoms with van der Waals surface area (Å²) in [7, 11) is -3.43. The minimum atomic E-state index is -3.43. The summed E-state index contributed by atoms with van der Waals surface area (Å²) in [6, 6.07) is 7.49. The summed E-state index contributed by atoms with van der Waals surface area (Å²) < 4.78 is 25.8.